The molecule has 0 radical (unpaired) electrons. The average molecular weight is 264 g/mol. The van der Waals surface area contributed by atoms with E-state index in [-0.39, 0.29) is 11.9 Å². The Morgan fingerprint density at radius 1 is 1.44 bits per heavy atom. The van der Waals surface area contributed by atoms with Gasteiger partial charge in [-0.3, -0.25) is 4.79 Å². The summed E-state index contributed by atoms with van der Waals surface area (Å²) in [5, 5.41) is 3.62. The molecule has 0 bridgehead atoms. The van der Waals surface area contributed by atoms with Crippen molar-refractivity contribution in [3.05, 3.63) is 59.0 Å². The van der Waals surface area contributed by atoms with Gasteiger partial charge in [-0.15, -0.1) is 0 Å². The lowest BCUT2D eigenvalue weighted by Crippen LogP contribution is -2.27. The normalized spacial score (nSPS) is 12.1. The van der Waals surface area contributed by atoms with Crippen LogP contribution >= 0.6 is 11.6 Å². The molecule has 18 heavy (non-hydrogen) atoms. The van der Waals surface area contributed by atoms with Crippen LogP contribution in [0, 0.1) is 0 Å². The predicted molar refractivity (Wildman–Crippen MR) is 70.7 cm³/mol. The third-order valence-corrected chi connectivity index (χ3v) is 2.98. The minimum Gasteiger partial charge on any atom is -0.472 e. The predicted octanol–water partition coefficient (Wildman–Crippen LogP) is 3.81. The topological polar surface area (TPSA) is 42.2 Å². The number of carbonyl (C=O) groups is 1. The van der Waals surface area contributed by atoms with Crippen LogP contribution in [-0.4, -0.2) is 5.91 Å². The first-order valence-corrected chi connectivity index (χ1v) is 6.17. The van der Waals surface area contributed by atoms with E-state index in [0.29, 0.717) is 10.6 Å². The quantitative estimate of drug-likeness (QED) is 0.911. The summed E-state index contributed by atoms with van der Waals surface area (Å²) in [6, 6.07) is 9.10. The van der Waals surface area contributed by atoms with Crippen molar-refractivity contribution in [1.82, 2.24) is 5.32 Å². The molecule has 1 amide bonds. The highest BCUT2D eigenvalue weighted by atomic mass is 35.5. The van der Waals surface area contributed by atoms with Crippen molar-refractivity contribution in [2.75, 3.05) is 0 Å². The van der Waals surface area contributed by atoms with Crippen LogP contribution in [0.3, 0.4) is 0 Å². The van der Waals surface area contributed by atoms with Crippen LogP contribution in [0.25, 0.3) is 0 Å². The van der Waals surface area contributed by atoms with Gasteiger partial charge >= 0.3 is 0 Å². The summed E-state index contributed by atoms with van der Waals surface area (Å²) in [5.74, 6) is -0.143. The van der Waals surface area contributed by atoms with Crippen molar-refractivity contribution in [2.24, 2.45) is 0 Å². The minimum atomic E-state index is -0.143. The van der Waals surface area contributed by atoms with E-state index in [1.54, 1.807) is 6.07 Å². The summed E-state index contributed by atoms with van der Waals surface area (Å²) in [6.45, 7) is 2.02. The molecule has 1 aromatic heterocycles. The second kappa shape index (κ2) is 5.74. The van der Waals surface area contributed by atoms with Crippen molar-refractivity contribution in [3.8, 4) is 0 Å². The highest BCUT2D eigenvalue weighted by molar-refractivity contribution is 6.30. The van der Waals surface area contributed by atoms with Gasteiger partial charge in [0.25, 0.3) is 5.91 Å². The number of rotatable bonds is 4. The maximum absolute atomic E-state index is 11.9. The lowest BCUT2D eigenvalue weighted by Gasteiger charge is -2.17. The highest BCUT2D eigenvalue weighted by Crippen LogP contribution is 2.20. The number of hydrogen-bond acceptors (Lipinski definition) is 2. The molecular formula is C14H14ClNO2. The van der Waals surface area contributed by atoms with Gasteiger partial charge < -0.3 is 9.73 Å². The third-order valence-electron chi connectivity index (χ3n) is 2.75. The molecule has 1 N–H and O–H groups in total. The monoisotopic (exact) mass is 263 g/mol. The van der Waals surface area contributed by atoms with Crippen molar-refractivity contribution >= 4 is 17.5 Å². The molecule has 0 aliphatic rings. The summed E-state index contributed by atoms with van der Waals surface area (Å²) in [7, 11) is 0. The molecular weight excluding hydrogens is 250 g/mol. The molecule has 0 aliphatic heterocycles. The van der Waals surface area contributed by atoms with Crippen LogP contribution in [0.1, 0.15) is 35.3 Å². The van der Waals surface area contributed by atoms with Gasteiger partial charge in [0.2, 0.25) is 0 Å². The third kappa shape index (κ3) is 2.93. The van der Waals surface area contributed by atoms with E-state index in [4.69, 9.17) is 16.0 Å². The number of halogens is 1. The van der Waals surface area contributed by atoms with Crippen LogP contribution in [0.4, 0.5) is 0 Å². The number of amides is 1. The van der Waals surface area contributed by atoms with Gasteiger partial charge in [-0.25, -0.2) is 0 Å². The van der Waals surface area contributed by atoms with Crippen molar-refractivity contribution in [2.45, 2.75) is 19.4 Å². The van der Waals surface area contributed by atoms with Crippen molar-refractivity contribution in [1.29, 1.82) is 0 Å². The number of benzene rings is 1. The van der Waals surface area contributed by atoms with Crippen LogP contribution < -0.4 is 5.32 Å². The number of hydrogen-bond donors (Lipinski definition) is 1. The Bertz CT molecular complexity index is 522. The van der Waals surface area contributed by atoms with Gasteiger partial charge in [-0.2, -0.15) is 0 Å². The van der Waals surface area contributed by atoms with Crippen LogP contribution in [0.5, 0.6) is 0 Å². The molecule has 1 heterocycles. The first-order valence-electron chi connectivity index (χ1n) is 5.79. The lowest BCUT2D eigenvalue weighted by molar-refractivity contribution is 0.0935. The molecule has 1 aromatic carbocycles. The summed E-state index contributed by atoms with van der Waals surface area (Å²) >= 11 is 5.95. The first-order chi connectivity index (χ1) is 8.70. The Kier molecular flexibility index (Phi) is 4.05. The molecule has 0 saturated carbocycles. The van der Waals surface area contributed by atoms with Gasteiger partial charge in [-0.05, 0) is 30.2 Å². The molecule has 3 nitrogen and oxygen atoms in total. The summed E-state index contributed by atoms with van der Waals surface area (Å²) < 4.78 is 4.89. The van der Waals surface area contributed by atoms with Gasteiger partial charge in [0.05, 0.1) is 17.9 Å². The van der Waals surface area contributed by atoms with Crippen LogP contribution in [-0.2, 0) is 0 Å². The first kappa shape index (κ1) is 12.7. The van der Waals surface area contributed by atoms with E-state index in [9.17, 15) is 4.79 Å². The molecule has 0 fully saturated rings. The smallest absolute Gasteiger partial charge is 0.255 e. The Morgan fingerprint density at radius 3 is 2.89 bits per heavy atom. The Hall–Kier alpha value is -1.74. The summed E-state index contributed by atoms with van der Waals surface area (Å²) in [6.07, 6.45) is 3.71. The standard InChI is InChI=1S/C14H14ClNO2/c1-2-13(10-4-3-5-12(15)8-10)16-14(17)11-6-7-18-9-11/h3-9,13H,2H2,1H3,(H,16,17). The van der Waals surface area contributed by atoms with E-state index < -0.39 is 0 Å². The molecule has 1 unspecified atom stereocenters. The van der Waals surface area contributed by atoms with Gasteiger partial charge in [-0.1, -0.05) is 30.7 Å². The molecule has 0 aliphatic carbocycles. The maximum atomic E-state index is 11.9. The number of carbonyl (C=O) groups excluding carboxylic acids is 1. The van der Waals surface area contributed by atoms with E-state index in [0.717, 1.165) is 12.0 Å². The molecule has 0 spiro atoms. The van der Waals surface area contributed by atoms with Crippen molar-refractivity contribution < 1.29 is 9.21 Å². The molecule has 94 valence electrons. The fraction of sp³-hybridized carbons (Fsp3) is 0.214. The van der Waals surface area contributed by atoms with E-state index in [1.807, 2.05) is 31.2 Å². The van der Waals surface area contributed by atoms with Gasteiger partial charge in [0.15, 0.2) is 0 Å². The molecule has 1 atom stereocenters. The summed E-state index contributed by atoms with van der Waals surface area (Å²) in [5.41, 5.74) is 1.53. The second-order valence-electron chi connectivity index (χ2n) is 4.00. The zero-order valence-corrected chi connectivity index (χ0v) is 10.8. The fourth-order valence-corrected chi connectivity index (χ4v) is 1.98. The molecule has 4 heteroatoms. The number of furan rings is 1. The zero-order chi connectivity index (χ0) is 13.0. The van der Waals surface area contributed by atoms with Gasteiger partial charge in [0.1, 0.15) is 6.26 Å². The average Bonchev–Trinajstić information content (AvgIpc) is 2.89. The Labute approximate surface area is 111 Å². The maximum Gasteiger partial charge on any atom is 0.255 e. The van der Waals surface area contributed by atoms with Crippen molar-refractivity contribution in [3.63, 3.8) is 0 Å². The van der Waals surface area contributed by atoms with Crippen LogP contribution in [0.2, 0.25) is 5.02 Å². The second-order valence-corrected chi connectivity index (χ2v) is 4.44. The Balaban J connectivity index is 2.13. The minimum absolute atomic E-state index is 0.0499. The zero-order valence-electron chi connectivity index (χ0n) is 10.0. The largest absolute Gasteiger partial charge is 0.472 e. The number of nitrogens with one attached hydrogen (secondary N) is 1. The molecule has 2 rings (SSSR count). The highest BCUT2D eigenvalue weighted by Gasteiger charge is 2.14. The lowest BCUT2D eigenvalue weighted by atomic mass is 10.0. The fourth-order valence-electron chi connectivity index (χ4n) is 1.78. The van der Waals surface area contributed by atoms with E-state index in [1.165, 1.54) is 12.5 Å². The van der Waals surface area contributed by atoms with E-state index in [2.05, 4.69) is 5.32 Å². The Morgan fingerprint density at radius 2 is 2.28 bits per heavy atom. The van der Waals surface area contributed by atoms with E-state index >= 15 is 0 Å². The van der Waals surface area contributed by atoms with Gasteiger partial charge in [0, 0.05) is 5.02 Å². The summed E-state index contributed by atoms with van der Waals surface area (Å²) in [4.78, 5) is 11.9. The molecule has 0 saturated heterocycles. The van der Waals surface area contributed by atoms with Crippen LogP contribution in [0.15, 0.2) is 47.3 Å². The molecule has 2 aromatic rings. The SMILES string of the molecule is CCC(NC(=O)c1ccoc1)c1cccc(Cl)c1.